The zero-order valence-corrected chi connectivity index (χ0v) is 17.6. The molecule has 0 N–H and O–H groups in total. The standard InChI is InChI=1S/C21H26O6.C2H6/c1-17-6-7-20-21(16-17)27-15-11-23-9-13-25-19-5-3-2-4-18(19)24-12-8-22-10-14-26-20;1-2/h2-7,16H,8-15H2,1H3;1-2H3. The molecule has 0 spiro atoms. The van der Waals surface area contributed by atoms with Crippen LogP contribution in [0.1, 0.15) is 19.4 Å². The lowest BCUT2D eigenvalue weighted by atomic mass is 10.2. The molecular weight excluding hydrogens is 372 g/mol. The SMILES string of the molecule is CC.Cc1ccc2c(c1)OCCOCCOc1ccccc1OCCOCCO2. The summed E-state index contributed by atoms with van der Waals surface area (Å²) in [5.41, 5.74) is 1.11. The van der Waals surface area contributed by atoms with Crippen LogP contribution >= 0.6 is 0 Å². The molecule has 1 aliphatic heterocycles. The second-order valence-corrected chi connectivity index (χ2v) is 6.02. The number of rotatable bonds is 0. The van der Waals surface area contributed by atoms with Crippen LogP contribution in [0, 0.1) is 6.92 Å². The molecule has 0 aliphatic carbocycles. The van der Waals surface area contributed by atoms with Gasteiger partial charge in [0.25, 0.3) is 0 Å². The Hall–Kier alpha value is -2.44. The second-order valence-electron chi connectivity index (χ2n) is 6.02. The maximum Gasteiger partial charge on any atom is 0.161 e. The predicted molar refractivity (Wildman–Crippen MR) is 113 cm³/mol. The second kappa shape index (κ2) is 13.7. The zero-order chi connectivity index (χ0) is 20.7. The van der Waals surface area contributed by atoms with Crippen LogP contribution in [0.15, 0.2) is 42.5 Å². The quantitative estimate of drug-likeness (QED) is 0.653. The van der Waals surface area contributed by atoms with Crippen LogP contribution in [0.25, 0.3) is 0 Å². The van der Waals surface area contributed by atoms with Gasteiger partial charge in [0.1, 0.15) is 26.4 Å². The third-order valence-corrected chi connectivity index (χ3v) is 3.89. The highest BCUT2D eigenvalue weighted by Gasteiger charge is 2.07. The summed E-state index contributed by atoms with van der Waals surface area (Å²) in [5, 5.41) is 0. The molecule has 160 valence electrons. The van der Waals surface area contributed by atoms with Crippen molar-refractivity contribution in [3.8, 4) is 23.0 Å². The minimum atomic E-state index is 0.440. The molecule has 0 bridgehead atoms. The topological polar surface area (TPSA) is 55.4 Å². The minimum Gasteiger partial charge on any atom is -0.487 e. The van der Waals surface area contributed by atoms with Crippen molar-refractivity contribution < 1.29 is 28.4 Å². The number of aryl methyl sites for hydroxylation is 1. The number of hydrogen-bond acceptors (Lipinski definition) is 6. The molecule has 0 radical (unpaired) electrons. The molecule has 3 rings (SSSR count). The van der Waals surface area contributed by atoms with Gasteiger partial charge in [-0.25, -0.2) is 0 Å². The van der Waals surface area contributed by atoms with Gasteiger partial charge in [-0.2, -0.15) is 0 Å². The van der Waals surface area contributed by atoms with E-state index in [0.29, 0.717) is 75.9 Å². The van der Waals surface area contributed by atoms with Crippen molar-refractivity contribution in [2.24, 2.45) is 0 Å². The Kier molecular flexibility index (Phi) is 10.8. The highest BCUT2D eigenvalue weighted by atomic mass is 16.6. The number of ether oxygens (including phenoxy) is 6. The first kappa shape index (κ1) is 22.8. The fourth-order valence-corrected chi connectivity index (χ4v) is 2.58. The van der Waals surface area contributed by atoms with Crippen LogP contribution in [0.4, 0.5) is 0 Å². The monoisotopic (exact) mass is 404 g/mol. The van der Waals surface area contributed by atoms with Gasteiger partial charge in [0.05, 0.1) is 26.4 Å². The van der Waals surface area contributed by atoms with Gasteiger partial charge in [-0.15, -0.1) is 0 Å². The van der Waals surface area contributed by atoms with Crippen LogP contribution in [-0.4, -0.2) is 52.9 Å². The van der Waals surface area contributed by atoms with Crippen molar-refractivity contribution in [3.05, 3.63) is 48.0 Å². The number of benzene rings is 2. The van der Waals surface area contributed by atoms with Gasteiger partial charge in [-0.3, -0.25) is 0 Å². The van der Waals surface area contributed by atoms with Gasteiger partial charge in [-0.05, 0) is 36.8 Å². The van der Waals surface area contributed by atoms with Gasteiger partial charge in [0.15, 0.2) is 23.0 Å². The van der Waals surface area contributed by atoms with Crippen molar-refractivity contribution >= 4 is 0 Å². The Morgan fingerprint density at radius 2 is 0.931 bits per heavy atom. The van der Waals surface area contributed by atoms with Crippen molar-refractivity contribution in [2.75, 3.05) is 52.9 Å². The molecule has 1 heterocycles. The smallest absolute Gasteiger partial charge is 0.161 e. The minimum absolute atomic E-state index is 0.440. The first-order valence-corrected chi connectivity index (χ1v) is 10.2. The van der Waals surface area contributed by atoms with E-state index in [4.69, 9.17) is 28.4 Å². The van der Waals surface area contributed by atoms with Crippen LogP contribution in [0.2, 0.25) is 0 Å². The van der Waals surface area contributed by atoms with E-state index in [0.717, 1.165) is 5.56 Å². The molecule has 0 fully saturated rings. The average Bonchev–Trinajstić information content (AvgIpc) is 2.75. The summed E-state index contributed by atoms with van der Waals surface area (Å²) < 4.78 is 34.3. The summed E-state index contributed by atoms with van der Waals surface area (Å²) in [4.78, 5) is 0. The Labute approximate surface area is 173 Å². The fourth-order valence-electron chi connectivity index (χ4n) is 2.58. The molecule has 1 aliphatic rings. The normalized spacial score (nSPS) is 15.8. The molecule has 2 aromatic carbocycles. The highest BCUT2D eigenvalue weighted by molar-refractivity contribution is 5.42. The van der Waals surface area contributed by atoms with E-state index in [2.05, 4.69) is 0 Å². The van der Waals surface area contributed by atoms with E-state index >= 15 is 0 Å². The summed E-state index contributed by atoms with van der Waals surface area (Å²) >= 11 is 0. The molecule has 0 saturated carbocycles. The predicted octanol–water partition coefficient (Wildman–Crippen LogP) is 4.28. The zero-order valence-electron chi connectivity index (χ0n) is 17.6. The molecule has 0 aromatic heterocycles. The van der Waals surface area contributed by atoms with Crippen molar-refractivity contribution in [1.82, 2.24) is 0 Å². The van der Waals surface area contributed by atoms with E-state index in [1.165, 1.54) is 0 Å². The fraction of sp³-hybridized carbons (Fsp3) is 0.478. The summed E-state index contributed by atoms with van der Waals surface area (Å²) in [6.07, 6.45) is 0. The van der Waals surface area contributed by atoms with Gasteiger partial charge in [-0.1, -0.05) is 32.0 Å². The van der Waals surface area contributed by atoms with E-state index < -0.39 is 0 Å². The Morgan fingerprint density at radius 3 is 1.41 bits per heavy atom. The molecular formula is C23H32O6. The number of hydrogen-bond donors (Lipinski definition) is 0. The molecule has 6 nitrogen and oxygen atoms in total. The molecule has 29 heavy (non-hydrogen) atoms. The molecule has 0 unspecified atom stereocenters. The van der Waals surface area contributed by atoms with Crippen LogP contribution in [-0.2, 0) is 9.47 Å². The molecule has 0 amide bonds. The van der Waals surface area contributed by atoms with Gasteiger partial charge >= 0.3 is 0 Å². The number of para-hydroxylation sites is 2. The highest BCUT2D eigenvalue weighted by Crippen LogP contribution is 2.28. The van der Waals surface area contributed by atoms with Gasteiger partial charge < -0.3 is 28.4 Å². The average molecular weight is 405 g/mol. The van der Waals surface area contributed by atoms with E-state index in [-0.39, 0.29) is 0 Å². The van der Waals surface area contributed by atoms with Gasteiger partial charge in [0, 0.05) is 0 Å². The van der Waals surface area contributed by atoms with Crippen LogP contribution < -0.4 is 18.9 Å². The third-order valence-electron chi connectivity index (χ3n) is 3.89. The summed E-state index contributed by atoms with van der Waals surface area (Å²) in [7, 11) is 0. The maximum absolute atomic E-state index is 5.82. The van der Waals surface area contributed by atoms with E-state index in [1.54, 1.807) is 0 Å². The summed E-state index contributed by atoms with van der Waals surface area (Å²) in [5.74, 6) is 2.82. The van der Waals surface area contributed by atoms with E-state index in [9.17, 15) is 0 Å². The maximum atomic E-state index is 5.82. The molecule has 6 heteroatoms. The Bertz CT molecular complexity index is 704. The third kappa shape index (κ3) is 8.21. The Balaban J connectivity index is 0.00000145. The first-order chi connectivity index (χ1) is 14.3. The number of fused-ring (bicyclic) bond motifs is 2. The van der Waals surface area contributed by atoms with Crippen molar-refractivity contribution in [1.29, 1.82) is 0 Å². The lowest BCUT2D eigenvalue weighted by molar-refractivity contribution is 0.0640. The summed E-state index contributed by atoms with van der Waals surface area (Å²) in [6, 6.07) is 13.5. The molecule has 0 atom stereocenters. The summed E-state index contributed by atoms with van der Waals surface area (Å²) in [6.45, 7) is 9.66. The van der Waals surface area contributed by atoms with Gasteiger partial charge in [0.2, 0.25) is 0 Å². The van der Waals surface area contributed by atoms with Crippen LogP contribution in [0.5, 0.6) is 23.0 Å². The van der Waals surface area contributed by atoms with Crippen molar-refractivity contribution in [3.63, 3.8) is 0 Å². The van der Waals surface area contributed by atoms with Crippen molar-refractivity contribution in [2.45, 2.75) is 20.8 Å². The largest absolute Gasteiger partial charge is 0.487 e. The molecule has 0 saturated heterocycles. The van der Waals surface area contributed by atoms with E-state index in [1.807, 2.05) is 63.2 Å². The first-order valence-electron chi connectivity index (χ1n) is 10.2. The lowest BCUT2D eigenvalue weighted by Crippen LogP contribution is -2.15. The lowest BCUT2D eigenvalue weighted by Gasteiger charge is -2.15. The molecule has 2 aromatic rings. The Morgan fingerprint density at radius 1 is 0.517 bits per heavy atom. The van der Waals surface area contributed by atoms with Crippen LogP contribution in [0.3, 0.4) is 0 Å².